The second-order valence-electron chi connectivity index (χ2n) is 4.25. The van der Waals surface area contributed by atoms with E-state index in [2.05, 4.69) is 5.32 Å². The third kappa shape index (κ3) is 4.95. The standard InChI is InChI=1S/C13H14F3N3OS/c1-21-5-4-10(18)12(20)19-11-3-2-9(13(14,15)16)6-8(11)7-17/h2-3,6,10H,4-5,18H2,1H3,(H,19,20)/t10-/m0/s1. The number of alkyl halides is 3. The van der Waals surface area contributed by atoms with Crippen molar-refractivity contribution >= 4 is 23.4 Å². The summed E-state index contributed by atoms with van der Waals surface area (Å²) in [6.07, 6.45) is -2.23. The first kappa shape index (κ1) is 17.3. The summed E-state index contributed by atoms with van der Waals surface area (Å²) >= 11 is 1.53. The summed E-state index contributed by atoms with van der Waals surface area (Å²) in [6.45, 7) is 0. The molecule has 114 valence electrons. The Balaban J connectivity index is 2.90. The molecule has 4 nitrogen and oxygen atoms in total. The maximum Gasteiger partial charge on any atom is 0.416 e. The molecule has 1 aromatic rings. The van der Waals surface area contributed by atoms with Crippen LogP contribution >= 0.6 is 11.8 Å². The van der Waals surface area contributed by atoms with Crippen LogP contribution in [0.15, 0.2) is 18.2 Å². The van der Waals surface area contributed by atoms with Crippen molar-refractivity contribution < 1.29 is 18.0 Å². The number of nitrogens with zero attached hydrogens (tertiary/aromatic N) is 1. The van der Waals surface area contributed by atoms with Gasteiger partial charge < -0.3 is 11.1 Å². The maximum atomic E-state index is 12.5. The van der Waals surface area contributed by atoms with Crippen LogP contribution in [0.3, 0.4) is 0 Å². The zero-order valence-corrected chi connectivity index (χ0v) is 12.0. The van der Waals surface area contributed by atoms with Crippen molar-refractivity contribution in [2.45, 2.75) is 18.6 Å². The third-order valence-corrected chi connectivity index (χ3v) is 3.34. The van der Waals surface area contributed by atoms with Gasteiger partial charge in [-0.15, -0.1) is 0 Å². The monoisotopic (exact) mass is 317 g/mol. The Morgan fingerprint density at radius 2 is 2.19 bits per heavy atom. The lowest BCUT2D eigenvalue weighted by Gasteiger charge is -2.14. The van der Waals surface area contributed by atoms with E-state index in [1.54, 1.807) is 6.07 Å². The average Bonchev–Trinajstić information content (AvgIpc) is 2.43. The van der Waals surface area contributed by atoms with Gasteiger partial charge in [-0.3, -0.25) is 4.79 Å². The van der Waals surface area contributed by atoms with E-state index in [0.29, 0.717) is 18.2 Å². The Bertz CT molecular complexity index is 555. The van der Waals surface area contributed by atoms with Crippen molar-refractivity contribution in [2.24, 2.45) is 5.73 Å². The number of carbonyl (C=O) groups excluding carboxylic acids is 1. The molecule has 0 saturated heterocycles. The van der Waals surface area contributed by atoms with Crippen molar-refractivity contribution in [3.63, 3.8) is 0 Å². The molecule has 1 aromatic carbocycles. The van der Waals surface area contributed by atoms with Gasteiger partial charge in [0.05, 0.1) is 22.9 Å². The summed E-state index contributed by atoms with van der Waals surface area (Å²) in [5.41, 5.74) is 4.48. The summed E-state index contributed by atoms with van der Waals surface area (Å²) in [4.78, 5) is 11.8. The predicted molar refractivity (Wildman–Crippen MR) is 75.8 cm³/mol. The van der Waals surface area contributed by atoms with Gasteiger partial charge in [0.15, 0.2) is 0 Å². The minimum Gasteiger partial charge on any atom is -0.324 e. The summed E-state index contributed by atoms with van der Waals surface area (Å²) in [7, 11) is 0. The molecular formula is C13H14F3N3OS. The molecule has 1 atom stereocenters. The molecule has 0 aliphatic carbocycles. The number of benzene rings is 1. The number of hydrogen-bond donors (Lipinski definition) is 2. The van der Waals surface area contributed by atoms with Gasteiger partial charge in [0.25, 0.3) is 0 Å². The second-order valence-corrected chi connectivity index (χ2v) is 5.23. The van der Waals surface area contributed by atoms with Gasteiger partial charge in [0.2, 0.25) is 5.91 Å². The first-order valence-electron chi connectivity index (χ1n) is 5.96. The van der Waals surface area contributed by atoms with Crippen LogP contribution in [-0.4, -0.2) is 24.0 Å². The normalized spacial score (nSPS) is 12.6. The lowest BCUT2D eigenvalue weighted by molar-refractivity contribution is -0.137. The minimum absolute atomic E-state index is 0.0232. The van der Waals surface area contributed by atoms with Crippen molar-refractivity contribution in [2.75, 3.05) is 17.3 Å². The van der Waals surface area contributed by atoms with Gasteiger partial charge in [-0.25, -0.2) is 0 Å². The molecular weight excluding hydrogens is 303 g/mol. The van der Waals surface area contributed by atoms with Gasteiger partial charge in [-0.05, 0) is 36.6 Å². The van der Waals surface area contributed by atoms with E-state index in [1.165, 1.54) is 11.8 Å². The fraction of sp³-hybridized carbons (Fsp3) is 0.385. The zero-order valence-electron chi connectivity index (χ0n) is 11.2. The minimum atomic E-state index is -4.54. The summed E-state index contributed by atoms with van der Waals surface area (Å²) in [6, 6.07) is 3.43. The van der Waals surface area contributed by atoms with Gasteiger partial charge in [-0.2, -0.15) is 30.2 Å². The van der Waals surface area contributed by atoms with Crippen molar-refractivity contribution in [1.29, 1.82) is 5.26 Å². The molecule has 1 amide bonds. The highest BCUT2D eigenvalue weighted by Crippen LogP contribution is 2.31. The smallest absolute Gasteiger partial charge is 0.324 e. The lowest BCUT2D eigenvalue weighted by Crippen LogP contribution is -2.36. The van der Waals surface area contributed by atoms with E-state index in [9.17, 15) is 18.0 Å². The molecule has 21 heavy (non-hydrogen) atoms. The molecule has 0 aliphatic rings. The van der Waals surface area contributed by atoms with Crippen molar-refractivity contribution in [1.82, 2.24) is 0 Å². The van der Waals surface area contributed by atoms with Crippen molar-refractivity contribution in [3.8, 4) is 6.07 Å². The lowest BCUT2D eigenvalue weighted by atomic mass is 10.1. The average molecular weight is 317 g/mol. The third-order valence-electron chi connectivity index (χ3n) is 2.69. The number of thioether (sulfide) groups is 1. The number of carbonyl (C=O) groups is 1. The van der Waals surface area contributed by atoms with Gasteiger partial charge >= 0.3 is 6.18 Å². The molecule has 8 heteroatoms. The SMILES string of the molecule is CSCC[C@H](N)C(=O)Nc1ccc(C(F)(F)F)cc1C#N. The fourth-order valence-electron chi connectivity index (χ4n) is 1.52. The number of anilines is 1. The highest BCUT2D eigenvalue weighted by atomic mass is 32.2. The second kappa shape index (κ2) is 7.33. The number of nitriles is 1. The van der Waals surface area contributed by atoms with Gasteiger partial charge in [0, 0.05) is 0 Å². The molecule has 3 N–H and O–H groups in total. The number of hydrogen-bond acceptors (Lipinski definition) is 4. The van der Waals surface area contributed by atoms with Crippen LogP contribution in [0.25, 0.3) is 0 Å². The molecule has 0 bridgehead atoms. The van der Waals surface area contributed by atoms with E-state index in [1.807, 2.05) is 6.26 Å². The molecule has 0 unspecified atom stereocenters. The van der Waals surface area contributed by atoms with E-state index in [-0.39, 0.29) is 11.3 Å². The molecule has 0 aromatic heterocycles. The van der Waals surface area contributed by atoms with Crippen LogP contribution in [0.4, 0.5) is 18.9 Å². The van der Waals surface area contributed by atoms with Crippen LogP contribution in [-0.2, 0) is 11.0 Å². The molecule has 0 fully saturated rings. The molecule has 0 saturated carbocycles. The predicted octanol–water partition coefficient (Wildman–Crippen LogP) is 2.60. The first-order valence-corrected chi connectivity index (χ1v) is 7.35. The van der Waals surface area contributed by atoms with E-state index in [4.69, 9.17) is 11.0 Å². The first-order chi connectivity index (χ1) is 9.79. The Morgan fingerprint density at radius 1 is 1.52 bits per heavy atom. The Morgan fingerprint density at radius 3 is 2.71 bits per heavy atom. The topological polar surface area (TPSA) is 78.9 Å². The number of nitrogens with one attached hydrogen (secondary N) is 1. The number of halogens is 3. The summed E-state index contributed by atoms with van der Waals surface area (Å²) in [5.74, 6) is 0.160. The highest BCUT2D eigenvalue weighted by Gasteiger charge is 2.31. The fourth-order valence-corrected chi connectivity index (χ4v) is 2.01. The zero-order chi connectivity index (χ0) is 16.0. The van der Waals surface area contributed by atoms with Gasteiger partial charge in [-0.1, -0.05) is 0 Å². The van der Waals surface area contributed by atoms with Crippen LogP contribution in [0.2, 0.25) is 0 Å². The molecule has 0 aliphatic heterocycles. The maximum absolute atomic E-state index is 12.5. The molecule has 0 heterocycles. The molecule has 0 radical (unpaired) electrons. The van der Waals surface area contributed by atoms with Crippen LogP contribution in [0, 0.1) is 11.3 Å². The van der Waals surface area contributed by atoms with E-state index in [0.717, 1.165) is 12.1 Å². The summed E-state index contributed by atoms with van der Waals surface area (Å²) in [5, 5.41) is 11.3. The number of nitrogens with two attached hydrogens (primary N) is 1. The Labute approximate surface area is 124 Å². The largest absolute Gasteiger partial charge is 0.416 e. The molecule has 0 spiro atoms. The Hall–Kier alpha value is -1.72. The van der Waals surface area contributed by atoms with Crippen LogP contribution < -0.4 is 11.1 Å². The van der Waals surface area contributed by atoms with Gasteiger partial charge in [0.1, 0.15) is 6.07 Å². The number of rotatable bonds is 5. The summed E-state index contributed by atoms with van der Waals surface area (Å²) < 4.78 is 37.6. The Kier molecular flexibility index (Phi) is 6.05. The highest BCUT2D eigenvalue weighted by molar-refractivity contribution is 7.98. The van der Waals surface area contributed by atoms with Crippen molar-refractivity contribution in [3.05, 3.63) is 29.3 Å². The van der Waals surface area contributed by atoms with Crippen LogP contribution in [0.1, 0.15) is 17.5 Å². The number of amides is 1. The van der Waals surface area contributed by atoms with E-state index >= 15 is 0 Å². The van der Waals surface area contributed by atoms with E-state index < -0.39 is 23.7 Å². The van der Waals surface area contributed by atoms with Crippen LogP contribution in [0.5, 0.6) is 0 Å². The molecule has 1 rings (SSSR count). The quantitative estimate of drug-likeness (QED) is 0.875.